The van der Waals surface area contributed by atoms with Crippen molar-refractivity contribution in [1.29, 1.82) is 0 Å². The first-order valence-electron chi connectivity index (χ1n) is 10.8. The van der Waals surface area contributed by atoms with Gasteiger partial charge in [0.25, 0.3) is 15.9 Å². The minimum absolute atomic E-state index is 0.0498. The van der Waals surface area contributed by atoms with Gasteiger partial charge in [-0.2, -0.15) is 0 Å². The van der Waals surface area contributed by atoms with E-state index in [1.807, 2.05) is 18.2 Å². The topological polar surface area (TPSA) is 69.7 Å². The first-order chi connectivity index (χ1) is 15.8. The van der Waals surface area contributed by atoms with Crippen molar-refractivity contribution in [2.75, 3.05) is 35.9 Å². The number of hydrogen-bond acceptors (Lipinski definition) is 4. The van der Waals surface area contributed by atoms with Crippen LogP contribution in [0.3, 0.4) is 0 Å². The van der Waals surface area contributed by atoms with E-state index in [9.17, 15) is 13.2 Å². The molecule has 1 N–H and O–H groups in total. The number of nitrogens with zero attached hydrogens (tertiary/aromatic N) is 2. The van der Waals surface area contributed by atoms with Crippen molar-refractivity contribution in [2.45, 2.75) is 11.3 Å². The smallest absolute Gasteiger partial charge is 0.264 e. The molecule has 8 heteroatoms. The highest BCUT2D eigenvalue weighted by molar-refractivity contribution is 7.92. The second kappa shape index (κ2) is 9.85. The summed E-state index contributed by atoms with van der Waals surface area (Å²) in [7, 11) is -2.38. The molecule has 3 aromatic rings. The number of sulfonamides is 1. The SMILES string of the molecule is CN(c1cccc(Cl)c1)S(=O)(=O)c1cccc(C(=O)NCC2CCN(c3ccccc3)C2)c1. The number of amides is 1. The summed E-state index contributed by atoms with van der Waals surface area (Å²) in [5, 5.41) is 3.41. The van der Waals surface area contributed by atoms with Crippen LogP contribution in [0.2, 0.25) is 5.02 Å². The molecule has 0 aliphatic carbocycles. The van der Waals surface area contributed by atoms with E-state index >= 15 is 0 Å². The van der Waals surface area contributed by atoms with Crippen LogP contribution in [0, 0.1) is 5.92 Å². The van der Waals surface area contributed by atoms with Crippen LogP contribution in [0.4, 0.5) is 11.4 Å². The minimum Gasteiger partial charge on any atom is -0.371 e. The Bertz CT molecular complexity index is 1230. The van der Waals surface area contributed by atoms with E-state index in [1.165, 1.54) is 24.9 Å². The van der Waals surface area contributed by atoms with Gasteiger partial charge < -0.3 is 10.2 Å². The van der Waals surface area contributed by atoms with Crippen molar-refractivity contribution >= 4 is 38.9 Å². The van der Waals surface area contributed by atoms with Crippen molar-refractivity contribution in [2.24, 2.45) is 5.92 Å². The molecular formula is C25H26ClN3O3S. The largest absolute Gasteiger partial charge is 0.371 e. The van der Waals surface area contributed by atoms with E-state index in [1.54, 1.807) is 36.4 Å². The third-order valence-electron chi connectivity index (χ3n) is 5.88. The number of nitrogens with one attached hydrogen (secondary N) is 1. The Labute approximate surface area is 199 Å². The van der Waals surface area contributed by atoms with Crippen molar-refractivity contribution in [3.63, 3.8) is 0 Å². The second-order valence-corrected chi connectivity index (χ2v) is 10.5. The monoisotopic (exact) mass is 483 g/mol. The summed E-state index contributed by atoms with van der Waals surface area (Å²) < 4.78 is 27.4. The number of rotatable bonds is 7. The van der Waals surface area contributed by atoms with Crippen LogP contribution in [-0.2, 0) is 10.0 Å². The first kappa shape index (κ1) is 23.1. The average molecular weight is 484 g/mol. The zero-order valence-corrected chi connectivity index (χ0v) is 19.9. The Hall–Kier alpha value is -3.03. The molecule has 33 heavy (non-hydrogen) atoms. The van der Waals surface area contributed by atoms with Gasteiger partial charge in [-0.25, -0.2) is 8.42 Å². The van der Waals surface area contributed by atoms with Crippen LogP contribution in [0.25, 0.3) is 0 Å². The van der Waals surface area contributed by atoms with Gasteiger partial charge >= 0.3 is 0 Å². The summed E-state index contributed by atoms with van der Waals surface area (Å²) >= 11 is 6.01. The number of halogens is 1. The molecule has 1 aliphatic rings. The van der Waals surface area contributed by atoms with Crippen LogP contribution < -0.4 is 14.5 Å². The van der Waals surface area contributed by atoms with Crippen LogP contribution in [-0.4, -0.2) is 41.0 Å². The van der Waals surface area contributed by atoms with Gasteiger partial charge in [0, 0.05) is 43.0 Å². The minimum atomic E-state index is -3.85. The molecule has 0 radical (unpaired) electrons. The van der Waals surface area contributed by atoms with Crippen molar-refractivity contribution in [1.82, 2.24) is 5.32 Å². The molecule has 1 fully saturated rings. The molecule has 1 amide bonds. The summed E-state index contributed by atoms with van der Waals surface area (Å²) in [5.74, 6) is 0.0608. The van der Waals surface area contributed by atoms with Gasteiger partial charge in [0.05, 0.1) is 10.6 Å². The van der Waals surface area contributed by atoms with Gasteiger partial charge in [0.1, 0.15) is 0 Å². The Morgan fingerprint density at radius 3 is 2.58 bits per heavy atom. The lowest BCUT2D eigenvalue weighted by Crippen LogP contribution is -2.31. The molecule has 1 aliphatic heterocycles. The third-order valence-corrected chi connectivity index (χ3v) is 7.90. The van der Waals surface area contributed by atoms with E-state index < -0.39 is 10.0 Å². The van der Waals surface area contributed by atoms with Gasteiger partial charge in [-0.1, -0.05) is 41.9 Å². The normalized spacial score (nSPS) is 15.9. The molecular weight excluding hydrogens is 458 g/mol. The molecule has 1 atom stereocenters. The number of para-hydroxylation sites is 1. The molecule has 0 saturated carbocycles. The van der Waals surface area contributed by atoms with E-state index in [2.05, 4.69) is 22.3 Å². The van der Waals surface area contributed by atoms with Crippen molar-refractivity contribution in [3.05, 3.63) is 89.4 Å². The molecule has 0 spiro atoms. The number of carbonyl (C=O) groups is 1. The maximum absolute atomic E-state index is 13.1. The standard InChI is InChI=1S/C25H26ClN3O3S/c1-28(23-11-6-8-21(26)16-23)33(31,32)24-12-5-7-20(15-24)25(30)27-17-19-13-14-29(18-19)22-9-3-2-4-10-22/h2-12,15-16,19H,13-14,17-18H2,1H3,(H,27,30). The molecule has 1 unspecified atom stereocenters. The van der Waals surface area contributed by atoms with Crippen LogP contribution in [0.5, 0.6) is 0 Å². The highest BCUT2D eigenvalue weighted by Crippen LogP contribution is 2.26. The lowest BCUT2D eigenvalue weighted by Gasteiger charge is -2.20. The maximum atomic E-state index is 13.1. The van der Waals surface area contributed by atoms with Crippen LogP contribution in [0.15, 0.2) is 83.8 Å². The molecule has 6 nitrogen and oxygen atoms in total. The lowest BCUT2D eigenvalue weighted by atomic mass is 10.1. The Balaban J connectivity index is 1.40. The molecule has 4 rings (SSSR count). The summed E-state index contributed by atoms with van der Waals surface area (Å²) in [6.45, 7) is 2.37. The average Bonchev–Trinajstić information content (AvgIpc) is 3.32. The number of carbonyl (C=O) groups excluding carboxylic acids is 1. The van der Waals surface area contributed by atoms with E-state index in [-0.39, 0.29) is 10.8 Å². The van der Waals surface area contributed by atoms with Crippen molar-refractivity contribution in [3.8, 4) is 0 Å². The molecule has 3 aromatic carbocycles. The summed E-state index contributed by atoms with van der Waals surface area (Å²) in [6, 6.07) is 23.0. The predicted molar refractivity (Wildman–Crippen MR) is 133 cm³/mol. The van der Waals surface area contributed by atoms with Gasteiger partial charge in [-0.15, -0.1) is 0 Å². The maximum Gasteiger partial charge on any atom is 0.264 e. The van der Waals surface area contributed by atoms with E-state index in [0.29, 0.717) is 28.7 Å². The molecule has 172 valence electrons. The van der Waals surface area contributed by atoms with Crippen LogP contribution >= 0.6 is 11.6 Å². The Morgan fingerprint density at radius 2 is 1.82 bits per heavy atom. The Kier molecular flexibility index (Phi) is 6.91. The van der Waals surface area contributed by atoms with Gasteiger partial charge in [-0.05, 0) is 60.9 Å². The fraction of sp³-hybridized carbons (Fsp3) is 0.240. The number of anilines is 2. The number of benzene rings is 3. The van der Waals surface area contributed by atoms with Crippen molar-refractivity contribution < 1.29 is 13.2 Å². The predicted octanol–water partition coefficient (Wildman–Crippen LogP) is 4.42. The van der Waals surface area contributed by atoms with E-state index in [4.69, 9.17) is 11.6 Å². The highest BCUT2D eigenvalue weighted by atomic mass is 35.5. The first-order valence-corrected chi connectivity index (χ1v) is 12.6. The van der Waals surface area contributed by atoms with Crippen LogP contribution in [0.1, 0.15) is 16.8 Å². The van der Waals surface area contributed by atoms with Gasteiger partial charge in [-0.3, -0.25) is 9.10 Å². The summed E-state index contributed by atoms with van der Waals surface area (Å²) in [5.41, 5.74) is 1.95. The molecule has 0 bridgehead atoms. The summed E-state index contributed by atoms with van der Waals surface area (Å²) in [4.78, 5) is 15.1. The molecule has 1 heterocycles. The zero-order valence-electron chi connectivity index (χ0n) is 18.3. The van der Waals surface area contributed by atoms with E-state index in [0.717, 1.165) is 23.8 Å². The zero-order chi connectivity index (χ0) is 23.4. The quantitative estimate of drug-likeness (QED) is 0.540. The fourth-order valence-electron chi connectivity index (χ4n) is 3.98. The van der Waals surface area contributed by atoms with Gasteiger partial charge in [0.2, 0.25) is 0 Å². The molecule has 1 saturated heterocycles. The molecule has 0 aromatic heterocycles. The highest BCUT2D eigenvalue weighted by Gasteiger charge is 2.25. The second-order valence-electron chi connectivity index (χ2n) is 8.13. The summed E-state index contributed by atoms with van der Waals surface area (Å²) in [6.07, 6.45) is 0.994. The number of hydrogen-bond donors (Lipinski definition) is 1. The van der Waals surface area contributed by atoms with Gasteiger partial charge in [0.15, 0.2) is 0 Å². The lowest BCUT2D eigenvalue weighted by molar-refractivity contribution is 0.0948. The third kappa shape index (κ3) is 5.31. The fourth-order valence-corrected chi connectivity index (χ4v) is 5.40. The Morgan fingerprint density at radius 1 is 1.06 bits per heavy atom.